The van der Waals surface area contributed by atoms with Crippen LogP contribution in [0, 0.1) is 23.2 Å². The van der Waals surface area contributed by atoms with Crippen LogP contribution in [0.1, 0.15) is 33.1 Å². The molecule has 2 saturated carbocycles. The van der Waals surface area contributed by atoms with Crippen LogP contribution in [-0.2, 0) is 33.4 Å². The number of fused-ring (bicyclic) bond motifs is 3. The van der Waals surface area contributed by atoms with Crippen molar-refractivity contribution in [2.24, 2.45) is 23.2 Å². The van der Waals surface area contributed by atoms with Crippen LogP contribution in [0.5, 0.6) is 0 Å². The van der Waals surface area contributed by atoms with E-state index in [9.17, 15) is 29.4 Å². The lowest BCUT2D eigenvalue weighted by Crippen LogP contribution is -2.60. The molecular formula is C22H28O9. The summed E-state index contributed by atoms with van der Waals surface area (Å²) in [6, 6.07) is 0. The summed E-state index contributed by atoms with van der Waals surface area (Å²) in [7, 11) is 0. The van der Waals surface area contributed by atoms with Crippen molar-refractivity contribution in [2.75, 3.05) is 13.2 Å². The zero-order valence-corrected chi connectivity index (χ0v) is 17.6. The number of ether oxygens (including phenoxy) is 3. The molecule has 2 aliphatic carbocycles. The minimum Gasteiger partial charge on any atom is -0.462 e. The van der Waals surface area contributed by atoms with Crippen LogP contribution in [0.3, 0.4) is 0 Å². The Kier molecular flexibility index (Phi) is 6.66. The van der Waals surface area contributed by atoms with Gasteiger partial charge in [0.15, 0.2) is 0 Å². The minimum absolute atomic E-state index is 0.101. The van der Waals surface area contributed by atoms with Gasteiger partial charge in [0, 0.05) is 29.7 Å². The number of rotatable bonds is 6. The van der Waals surface area contributed by atoms with Crippen molar-refractivity contribution >= 4 is 24.2 Å². The summed E-state index contributed by atoms with van der Waals surface area (Å²) in [5.41, 5.74) is -0.762. The van der Waals surface area contributed by atoms with Crippen LogP contribution >= 0.6 is 0 Å². The normalized spacial score (nSPS) is 37.4. The lowest BCUT2D eigenvalue weighted by molar-refractivity contribution is -0.194. The van der Waals surface area contributed by atoms with Crippen molar-refractivity contribution in [2.45, 2.75) is 51.4 Å². The molecule has 3 rings (SSSR count). The molecular weight excluding hydrogens is 408 g/mol. The lowest BCUT2D eigenvalue weighted by Gasteiger charge is -2.55. The number of hydrogen-bond donors (Lipinski definition) is 2. The SMILES string of the molecule is C=C1C(=O)O[C@@H]2C3[C@@H](C=O)CC[C@@H](O)[C@]3(C)C[C@H](OC(=O)/C(=C/COC(C)=O)CO)[C@@H]12. The number of esters is 3. The van der Waals surface area contributed by atoms with Crippen LogP contribution < -0.4 is 0 Å². The van der Waals surface area contributed by atoms with Crippen molar-refractivity contribution in [3.05, 3.63) is 23.8 Å². The van der Waals surface area contributed by atoms with Gasteiger partial charge in [0.05, 0.1) is 24.2 Å². The van der Waals surface area contributed by atoms with Crippen molar-refractivity contribution in [1.29, 1.82) is 0 Å². The molecule has 1 unspecified atom stereocenters. The maximum absolute atomic E-state index is 12.7. The second-order valence-electron chi connectivity index (χ2n) is 8.68. The molecule has 0 radical (unpaired) electrons. The van der Waals surface area contributed by atoms with Gasteiger partial charge in [-0.05, 0) is 25.3 Å². The molecule has 170 valence electrons. The smallest absolute Gasteiger partial charge is 0.336 e. The third kappa shape index (κ3) is 4.16. The predicted octanol–water partition coefficient (Wildman–Crippen LogP) is 0.474. The molecule has 3 aliphatic rings. The minimum atomic E-state index is -0.846. The van der Waals surface area contributed by atoms with Crippen molar-refractivity contribution in [3.8, 4) is 0 Å². The Labute approximate surface area is 180 Å². The van der Waals surface area contributed by atoms with Gasteiger partial charge in [0.1, 0.15) is 25.1 Å². The van der Waals surface area contributed by atoms with E-state index in [-0.39, 0.29) is 24.2 Å². The third-order valence-corrected chi connectivity index (χ3v) is 6.90. The summed E-state index contributed by atoms with van der Waals surface area (Å²) in [6.45, 7) is 6.00. The average molecular weight is 436 g/mol. The van der Waals surface area contributed by atoms with Gasteiger partial charge >= 0.3 is 17.9 Å². The molecule has 0 aromatic carbocycles. The molecule has 1 saturated heterocycles. The van der Waals surface area contributed by atoms with Crippen LogP contribution in [0.15, 0.2) is 23.8 Å². The topological polar surface area (TPSA) is 136 Å². The molecule has 0 aromatic rings. The summed E-state index contributed by atoms with van der Waals surface area (Å²) in [5.74, 6) is -3.45. The molecule has 7 atom stereocenters. The fourth-order valence-corrected chi connectivity index (χ4v) is 5.31. The van der Waals surface area contributed by atoms with Crippen molar-refractivity contribution in [3.63, 3.8) is 0 Å². The molecule has 1 aliphatic heterocycles. The molecule has 0 aromatic heterocycles. The van der Waals surface area contributed by atoms with E-state index >= 15 is 0 Å². The van der Waals surface area contributed by atoms with Gasteiger partial charge in [0.2, 0.25) is 0 Å². The second kappa shape index (κ2) is 8.92. The van der Waals surface area contributed by atoms with E-state index in [2.05, 4.69) is 6.58 Å². The van der Waals surface area contributed by atoms with Gasteiger partial charge in [-0.1, -0.05) is 13.5 Å². The predicted molar refractivity (Wildman–Crippen MR) is 105 cm³/mol. The number of carbonyl (C=O) groups excluding carboxylic acids is 4. The number of carbonyl (C=O) groups is 4. The molecule has 2 N–H and O–H groups in total. The molecule has 0 bridgehead atoms. The Balaban J connectivity index is 1.89. The van der Waals surface area contributed by atoms with Gasteiger partial charge in [-0.2, -0.15) is 0 Å². The Bertz CT molecular complexity index is 816. The van der Waals surface area contributed by atoms with Crippen molar-refractivity contribution < 1.29 is 43.6 Å². The molecule has 9 heteroatoms. The van der Waals surface area contributed by atoms with E-state index < -0.39 is 66.0 Å². The summed E-state index contributed by atoms with van der Waals surface area (Å²) in [6.07, 6.45) is 0.829. The van der Waals surface area contributed by atoms with Gasteiger partial charge in [-0.3, -0.25) is 4.79 Å². The third-order valence-electron chi connectivity index (χ3n) is 6.90. The first-order valence-electron chi connectivity index (χ1n) is 10.3. The van der Waals surface area contributed by atoms with Gasteiger partial charge < -0.3 is 29.2 Å². The summed E-state index contributed by atoms with van der Waals surface area (Å²) >= 11 is 0. The van der Waals surface area contributed by atoms with Gasteiger partial charge in [-0.25, -0.2) is 9.59 Å². The number of hydrogen-bond acceptors (Lipinski definition) is 9. The lowest BCUT2D eigenvalue weighted by atomic mass is 9.51. The second-order valence-corrected chi connectivity index (χ2v) is 8.68. The average Bonchev–Trinajstić information content (AvgIpc) is 3.00. The Hall–Kier alpha value is -2.52. The first kappa shape index (κ1) is 23.1. The maximum Gasteiger partial charge on any atom is 0.336 e. The van der Waals surface area contributed by atoms with Crippen LogP contribution in [0.4, 0.5) is 0 Å². The van der Waals surface area contributed by atoms with Crippen LogP contribution in [0.25, 0.3) is 0 Å². The highest BCUT2D eigenvalue weighted by Gasteiger charge is 2.63. The zero-order chi connectivity index (χ0) is 22.9. The van der Waals surface area contributed by atoms with E-state index in [1.165, 1.54) is 13.0 Å². The van der Waals surface area contributed by atoms with Gasteiger partial charge in [-0.15, -0.1) is 0 Å². The van der Waals surface area contributed by atoms with Crippen molar-refractivity contribution in [1.82, 2.24) is 0 Å². The monoisotopic (exact) mass is 436 g/mol. The highest BCUT2D eigenvalue weighted by atomic mass is 16.6. The molecule has 0 amide bonds. The number of aliphatic hydroxyl groups excluding tert-OH is 2. The highest BCUT2D eigenvalue weighted by molar-refractivity contribution is 5.92. The molecule has 0 spiro atoms. The summed E-state index contributed by atoms with van der Waals surface area (Å²) < 4.78 is 16.0. The number of aldehydes is 1. The standard InChI is InChI=1S/C22H28O9/c1-11-17-15(30-21(28)14(10-24)6-7-29-12(2)25)8-22(3)16(26)5-4-13(9-23)18(22)19(17)31-20(11)27/h6,9,13,15-19,24,26H,1,4-5,7-8,10H2,2-3H3/b14-6+/t13-,15+,16-,17-,18?,19+,22+/m1/s1. The fourth-order valence-electron chi connectivity index (χ4n) is 5.31. The number of aliphatic hydroxyl groups is 2. The van der Waals surface area contributed by atoms with E-state index in [0.29, 0.717) is 12.8 Å². The quantitative estimate of drug-likeness (QED) is 0.263. The largest absolute Gasteiger partial charge is 0.462 e. The fraction of sp³-hybridized carbons (Fsp3) is 0.636. The first-order valence-corrected chi connectivity index (χ1v) is 10.3. The molecule has 3 fully saturated rings. The van der Waals surface area contributed by atoms with E-state index in [1.807, 2.05) is 6.92 Å². The Morgan fingerprint density at radius 1 is 1.35 bits per heavy atom. The molecule has 1 heterocycles. The van der Waals surface area contributed by atoms with E-state index in [4.69, 9.17) is 14.2 Å². The van der Waals surface area contributed by atoms with E-state index in [1.54, 1.807) is 0 Å². The van der Waals surface area contributed by atoms with E-state index in [0.717, 1.165) is 6.29 Å². The Morgan fingerprint density at radius 2 is 2.06 bits per heavy atom. The maximum atomic E-state index is 12.7. The summed E-state index contributed by atoms with van der Waals surface area (Å²) in [5, 5.41) is 20.3. The van der Waals surface area contributed by atoms with Gasteiger partial charge in [0.25, 0.3) is 0 Å². The van der Waals surface area contributed by atoms with Crippen LogP contribution in [-0.4, -0.2) is 65.9 Å². The Morgan fingerprint density at radius 3 is 2.68 bits per heavy atom. The summed E-state index contributed by atoms with van der Waals surface area (Å²) in [4.78, 5) is 47.7. The van der Waals surface area contributed by atoms with Crippen LogP contribution in [0.2, 0.25) is 0 Å². The zero-order valence-electron chi connectivity index (χ0n) is 17.6. The molecule has 9 nitrogen and oxygen atoms in total. The molecule has 31 heavy (non-hydrogen) atoms. The first-order chi connectivity index (χ1) is 14.6. The highest BCUT2D eigenvalue weighted by Crippen LogP contribution is 2.58.